The quantitative estimate of drug-likeness (QED) is 0.336. The molecule has 37 heavy (non-hydrogen) atoms. The largest absolute Gasteiger partial charge is 0.490 e. The minimum Gasteiger partial charge on any atom is -0.490 e. The van der Waals surface area contributed by atoms with Crippen molar-refractivity contribution in [2.75, 3.05) is 6.61 Å². The molecule has 8 nitrogen and oxygen atoms in total. The molecule has 1 heterocycles. The molecule has 3 aliphatic rings. The molecule has 0 spiro atoms. The van der Waals surface area contributed by atoms with E-state index < -0.39 is 23.1 Å². The zero-order valence-corrected chi connectivity index (χ0v) is 20.5. The summed E-state index contributed by atoms with van der Waals surface area (Å²) in [5, 5.41) is 53.0. The molecule has 2 aromatic rings. The average molecular weight is 517 g/mol. The zero-order valence-electron chi connectivity index (χ0n) is 20.5. The van der Waals surface area contributed by atoms with Crippen LogP contribution in [0.5, 0.6) is 5.75 Å². The second-order valence-corrected chi connectivity index (χ2v) is 10.5. The van der Waals surface area contributed by atoms with Gasteiger partial charge in [0.25, 0.3) is 0 Å². The first kappa shape index (κ1) is 26.1. The molecule has 2 aliphatic carbocycles. The van der Waals surface area contributed by atoms with E-state index >= 15 is 4.39 Å². The van der Waals surface area contributed by atoms with Gasteiger partial charge in [0, 0.05) is 12.0 Å². The van der Waals surface area contributed by atoms with Gasteiger partial charge in [0.2, 0.25) is 5.41 Å². The highest BCUT2D eigenvalue weighted by atomic mass is 19.1. The summed E-state index contributed by atoms with van der Waals surface area (Å²) in [7, 11) is 0. The minimum absolute atomic E-state index is 0.0154. The van der Waals surface area contributed by atoms with E-state index in [9.17, 15) is 30.3 Å². The Labute approximate surface area is 214 Å². The number of halogens is 1. The van der Waals surface area contributed by atoms with E-state index in [1.807, 2.05) is 0 Å². The van der Waals surface area contributed by atoms with Crippen LogP contribution in [0.15, 0.2) is 36.4 Å². The van der Waals surface area contributed by atoms with Gasteiger partial charge in [-0.15, -0.1) is 0 Å². The van der Waals surface area contributed by atoms with E-state index in [-0.39, 0.29) is 42.9 Å². The Hall–Kier alpha value is -2.56. The molecule has 0 bridgehead atoms. The fourth-order valence-corrected chi connectivity index (χ4v) is 6.18. The van der Waals surface area contributed by atoms with Gasteiger partial charge in [0.05, 0.1) is 12.7 Å². The monoisotopic (exact) mass is 516 g/mol. The lowest BCUT2D eigenvalue weighted by Crippen LogP contribution is -2.69. The maximum Gasteiger partial charge on any atom is 0.328 e. The Morgan fingerprint density at radius 3 is 2.30 bits per heavy atom. The highest BCUT2D eigenvalue weighted by molar-refractivity contribution is 5.86. The van der Waals surface area contributed by atoms with Crippen LogP contribution in [0.4, 0.5) is 4.39 Å². The molecule has 2 aromatic carbocycles. The van der Waals surface area contributed by atoms with Crippen molar-refractivity contribution in [3.8, 4) is 16.9 Å². The van der Waals surface area contributed by atoms with Crippen molar-refractivity contribution in [3.05, 3.63) is 53.3 Å². The maximum atomic E-state index is 15.2. The number of hydrogen-bond acceptors (Lipinski definition) is 7. The standard InChI is InChI=1S/C28H33FO8/c29-22-11-4-10-20(24(22)17-6-3-7-17)21-16-18(12-13-23(21)37-19-8-1-2-9-19)27(25(30)31,28(33,34)35)26(32)14-5-15-36-26/h4,10-13,16-17,19,32-35H,1-3,5-9,14-15H2,(H,30,31). The van der Waals surface area contributed by atoms with Gasteiger partial charge >= 0.3 is 11.9 Å². The molecule has 2 atom stereocenters. The molecule has 5 N–H and O–H groups in total. The number of ether oxygens (including phenoxy) is 2. The lowest BCUT2D eigenvalue weighted by molar-refractivity contribution is -0.395. The van der Waals surface area contributed by atoms with Crippen LogP contribution in [0, 0.1) is 5.82 Å². The van der Waals surface area contributed by atoms with Crippen molar-refractivity contribution in [1.82, 2.24) is 0 Å². The van der Waals surface area contributed by atoms with E-state index in [1.165, 1.54) is 24.3 Å². The van der Waals surface area contributed by atoms with Crippen LogP contribution in [0.1, 0.15) is 74.8 Å². The van der Waals surface area contributed by atoms with Gasteiger partial charge in [-0.05, 0) is 85.8 Å². The van der Waals surface area contributed by atoms with Crippen LogP contribution in [0.25, 0.3) is 11.1 Å². The van der Waals surface area contributed by atoms with Crippen LogP contribution < -0.4 is 4.74 Å². The van der Waals surface area contributed by atoms with Crippen molar-refractivity contribution < 1.29 is 44.2 Å². The lowest BCUT2D eigenvalue weighted by atomic mass is 9.68. The molecule has 2 unspecified atom stereocenters. The van der Waals surface area contributed by atoms with Gasteiger partial charge in [0.1, 0.15) is 11.6 Å². The minimum atomic E-state index is -3.90. The summed E-state index contributed by atoms with van der Waals surface area (Å²) in [6, 6.07) is 8.78. The molecular weight excluding hydrogens is 483 g/mol. The van der Waals surface area contributed by atoms with E-state index in [0.29, 0.717) is 22.4 Å². The van der Waals surface area contributed by atoms with Gasteiger partial charge in [-0.2, -0.15) is 0 Å². The third-order valence-corrected chi connectivity index (χ3v) is 8.28. The van der Waals surface area contributed by atoms with Crippen molar-refractivity contribution in [2.24, 2.45) is 0 Å². The third kappa shape index (κ3) is 4.23. The average Bonchev–Trinajstić information content (AvgIpc) is 3.46. The van der Waals surface area contributed by atoms with Crippen LogP contribution in [0.2, 0.25) is 0 Å². The van der Waals surface area contributed by atoms with E-state index in [2.05, 4.69) is 0 Å². The number of hydrogen-bond donors (Lipinski definition) is 5. The van der Waals surface area contributed by atoms with Crippen LogP contribution in [0.3, 0.4) is 0 Å². The van der Waals surface area contributed by atoms with Gasteiger partial charge < -0.3 is 35.0 Å². The summed E-state index contributed by atoms with van der Waals surface area (Å²) in [6.07, 6.45) is 6.23. The summed E-state index contributed by atoms with van der Waals surface area (Å²) in [6.45, 7) is -0.0347. The number of carboxylic acids is 1. The Kier molecular flexibility index (Phi) is 6.79. The predicted octanol–water partition coefficient (Wildman–Crippen LogP) is 3.53. The summed E-state index contributed by atoms with van der Waals surface area (Å²) in [5.41, 5.74) is -2.06. The molecule has 0 radical (unpaired) electrons. The number of aliphatic hydroxyl groups is 4. The number of rotatable bonds is 8. The predicted molar refractivity (Wildman–Crippen MR) is 130 cm³/mol. The SMILES string of the molecule is O=C(O)C(c1ccc(OC2CCCC2)c(-c2cccc(F)c2C2CCC2)c1)(C(O)(O)O)C1(O)CCCO1. The van der Waals surface area contributed by atoms with Gasteiger partial charge in [0.15, 0.2) is 5.79 Å². The van der Waals surface area contributed by atoms with Crippen LogP contribution in [-0.4, -0.2) is 56.0 Å². The van der Waals surface area contributed by atoms with E-state index in [4.69, 9.17) is 9.47 Å². The summed E-state index contributed by atoms with van der Waals surface area (Å²) in [4.78, 5) is 12.7. The van der Waals surface area contributed by atoms with Crippen molar-refractivity contribution in [3.63, 3.8) is 0 Å². The Balaban J connectivity index is 1.75. The third-order valence-electron chi connectivity index (χ3n) is 8.28. The first-order chi connectivity index (χ1) is 17.6. The smallest absolute Gasteiger partial charge is 0.328 e. The number of carboxylic acid groups (broad SMARTS) is 1. The second kappa shape index (κ2) is 9.63. The first-order valence-electron chi connectivity index (χ1n) is 13.0. The molecule has 0 amide bonds. The lowest BCUT2D eigenvalue weighted by Gasteiger charge is -2.45. The number of benzene rings is 2. The highest BCUT2D eigenvalue weighted by Gasteiger charge is 2.71. The maximum absolute atomic E-state index is 15.2. The second-order valence-electron chi connectivity index (χ2n) is 10.5. The van der Waals surface area contributed by atoms with Crippen molar-refractivity contribution in [2.45, 2.75) is 87.0 Å². The molecule has 9 heteroatoms. The zero-order chi connectivity index (χ0) is 26.4. The summed E-state index contributed by atoms with van der Waals surface area (Å²) < 4.78 is 26.8. The molecule has 200 valence electrons. The topological polar surface area (TPSA) is 137 Å². The van der Waals surface area contributed by atoms with Crippen LogP contribution in [-0.2, 0) is 14.9 Å². The molecule has 1 aliphatic heterocycles. The summed E-state index contributed by atoms with van der Waals surface area (Å²) in [5.74, 6) is -8.43. The number of aliphatic carboxylic acids is 1. The molecular formula is C28H33FO8. The van der Waals surface area contributed by atoms with Gasteiger partial charge in [-0.25, -0.2) is 4.39 Å². The molecule has 5 rings (SSSR count). The fraction of sp³-hybridized carbons (Fsp3) is 0.536. The normalized spacial score (nSPS) is 24.6. The highest BCUT2D eigenvalue weighted by Crippen LogP contribution is 2.51. The van der Waals surface area contributed by atoms with E-state index in [1.54, 1.807) is 12.1 Å². The molecule has 1 saturated heterocycles. The van der Waals surface area contributed by atoms with Gasteiger partial charge in [-0.1, -0.05) is 24.6 Å². The van der Waals surface area contributed by atoms with Crippen LogP contribution >= 0.6 is 0 Å². The summed E-state index contributed by atoms with van der Waals surface area (Å²) >= 11 is 0. The molecule has 3 fully saturated rings. The van der Waals surface area contributed by atoms with Crippen molar-refractivity contribution in [1.29, 1.82) is 0 Å². The van der Waals surface area contributed by atoms with Crippen molar-refractivity contribution >= 4 is 5.97 Å². The molecule has 0 aromatic heterocycles. The molecule has 2 saturated carbocycles. The first-order valence-corrected chi connectivity index (χ1v) is 13.0. The Morgan fingerprint density at radius 1 is 1.00 bits per heavy atom. The fourth-order valence-electron chi connectivity index (χ4n) is 6.18. The Bertz CT molecular complexity index is 1160. The van der Waals surface area contributed by atoms with E-state index in [0.717, 1.165) is 44.9 Å². The number of carbonyl (C=O) groups is 1. The van der Waals surface area contributed by atoms with Gasteiger partial charge in [-0.3, -0.25) is 4.79 Å². The Morgan fingerprint density at radius 2 is 1.73 bits per heavy atom.